The molecule has 7 heteroatoms. The second-order valence-corrected chi connectivity index (χ2v) is 8.88. The fourth-order valence-corrected chi connectivity index (χ4v) is 4.33. The zero-order chi connectivity index (χ0) is 24.2. The Morgan fingerprint density at radius 3 is 2.38 bits per heavy atom. The molecule has 0 atom stereocenters. The molecule has 1 heterocycles. The highest BCUT2D eigenvalue weighted by Gasteiger charge is 2.24. The molecule has 3 aromatic rings. The van der Waals surface area contributed by atoms with Crippen LogP contribution in [0.25, 0.3) is 0 Å². The number of carbonyl (C=O) groups excluding carboxylic acids is 2. The number of nitrogens with two attached hydrogens (primary N) is 1. The number of halogens is 1. The van der Waals surface area contributed by atoms with Crippen molar-refractivity contribution in [2.75, 3.05) is 23.4 Å². The number of carbonyl (C=O) groups is 2. The van der Waals surface area contributed by atoms with E-state index in [0.717, 1.165) is 35.3 Å². The van der Waals surface area contributed by atoms with Gasteiger partial charge in [-0.2, -0.15) is 0 Å². The summed E-state index contributed by atoms with van der Waals surface area (Å²) in [4.78, 5) is 29.5. The number of amides is 2. The standard InChI is InChI=1S/C27H27ClN4O2/c1-31(23-12-10-22(28)11-13-23)27(34)21-9-14-24-20(17-21)3-2-16-32(24)25(33)15-6-18-4-7-19(8-5-18)26(29)30/h4-5,7-14,17H,2-3,6,15-16H2,1H3,(H3,29,30). The lowest BCUT2D eigenvalue weighted by Gasteiger charge is -2.30. The van der Waals surface area contributed by atoms with Crippen LogP contribution in [0, 0.1) is 5.41 Å². The molecule has 1 aliphatic heterocycles. The van der Waals surface area contributed by atoms with E-state index in [4.69, 9.17) is 22.7 Å². The predicted molar refractivity (Wildman–Crippen MR) is 137 cm³/mol. The Hall–Kier alpha value is -3.64. The number of anilines is 2. The van der Waals surface area contributed by atoms with E-state index in [9.17, 15) is 9.59 Å². The number of hydrogen-bond acceptors (Lipinski definition) is 3. The Bertz CT molecular complexity index is 1220. The van der Waals surface area contributed by atoms with Crippen molar-refractivity contribution >= 4 is 40.6 Å². The van der Waals surface area contributed by atoms with Gasteiger partial charge in [-0.1, -0.05) is 35.9 Å². The van der Waals surface area contributed by atoms with Gasteiger partial charge in [0.25, 0.3) is 5.91 Å². The molecule has 3 N–H and O–H groups in total. The topological polar surface area (TPSA) is 90.5 Å². The summed E-state index contributed by atoms with van der Waals surface area (Å²) in [7, 11) is 1.74. The number of nitrogen functional groups attached to an aromatic ring is 1. The molecule has 0 radical (unpaired) electrons. The van der Waals surface area contributed by atoms with Gasteiger partial charge in [0.05, 0.1) is 0 Å². The normalized spacial score (nSPS) is 12.7. The lowest BCUT2D eigenvalue weighted by Crippen LogP contribution is -2.36. The van der Waals surface area contributed by atoms with Crippen LogP contribution >= 0.6 is 11.6 Å². The lowest BCUT2D eigenvalue weighted by molar-refractivity contribution is -0.118. The Morgan fingerprint density at radius 2 is 1.71 bits per heavy atom. The van der Waals surface area contributed by atoms with Gasteiger partial charge in [0.1, 0.15) is 5.84 Å². The van der Waals surface area contributed by atoms with Crippen molar-refractivity contribution in [2.45, 2.75) is 25.7 Å². The van der Waals surface area contributed by atoms with E-state index >= 15 is 0 Å². The second-order valence-electron chi connectivity index (χ2n) is 8.44. The molecule has 4 rings (SSSR count). The van der Waals surface area contributed by atoms with Crippen LogP contribution in [0.1, 0.15) is 39.9 Å². The SMILES string of the molecule is CN(C(=O)c1ccc2c(c1)CCCN2C(=O)CCc1ccc(C(=N)N)cc1)c1ccc(Cl)cc1. The summed E-state index contributed by atoms with van der Waals surface area (Å²) in [5.41, 5.74) is 10.5. The van der Waals surface area contributed by atoms with Gasteiger partial charge in [-0.25, -0.2) is 0 Å². The first-order valence-electron chi connectivity index (χ1n) is 11.2. The third kappa shape index (κ3) is 5.13. The van der Waals surface area contributed by atoms with Crippen LogP contribution < -0.4 is 15.5 Å². The number of nitrogens with zero attached hydrogens (tertiary/aromatic N) is 2. The zero-order valence-corrected chi connectivity index (χ0v) is 19.8. The molecule has 6 nitrogen and oxygen atoms in total. The van der Waals surface area contributed by atoms with Crippen LogP contribution in [0.2, 0.25) is 5.02 Å². The second kappa shape index (κ2) is 10.1. The van der Waals surface area contributed by atoms with E-state index < -0.39 is 0 Å². The van der Waals surface area contributed by atoms with Crippen molar-refractivity contribution in [3.8, 4) is 0 Å². The number of benzene rings is 3. The fourth-order valence-electron chi connectivity index (χ4n) is 4.20. The summed E-state index contributed by atoms with van der Waals surface area (Å²) in [5, 5.41) is 8.11. The number of rotatable bonds is 6. The molecule has 174 valence electrons. The van der Waals surface area contributed by atoms with Gasteiger partial charge in [-0.15, -0.1) is 0 Å². The van der Waals surface area contributed by atoms with Crippen LogP contribution in [-0.4, -0.2) is 31.2 Å². The number of amidine groups is 1. The molecule has 0 aliphatic carbocycles. The highest BCUT2D eigenvalue weighted by molar-refractivity contribution is 6.30. The van der Waals surface area contributed by atoms with Crippen LogP contribution in [0.15, 0.2) is 66.7 Å². The highest BCUT2D eigenvalue weighted by Crippen LogP contribution is 2.30. The van der Waals surface area contributed by atoms with Gasteiger partial charge in [-0.3, -0.25) is 15.0 Å². The molecular formula is C27H27ClN4O2. The van der Waals surface area contributed by atoms with E-state index in [1.807, 2.05) is 41.3 Å². The molecule has 34 heavy (non-hydrogen) atoms. The number of hydrogen-bond donors (Lipinski definition) is 2. The van der Waals surface area contributed by atoms with Gasteiger partial charge in [-0.05, 0) is 72.9 Å². The Kier molecular flexibility index (Phi) is 6.98. The minimum Gasteiger partial charge on any atom is -0.384 e. The minimum atomic E-state index is -0.109. The molecule has 0 aromatic heterocycles. The molecule has 0 bridgehead atoms. The average Bonchev–Trinajstić information content (AvgIpc) is 2.86. The third-order valence-electron chi connectivity index (χ3n) is 6.16. The number of fused-ring (bicyclic) bond motifs is 1. The maximum absolute atomic E-state index is 13.0. The highest BCUT2D eigenvalue weighted by atomic mass is 35.5. The summed E-state index contributed by atoms with van der Waals surface area (Å²) in [6.45, 7) is 0.674. The van der Waals surface area contributed by atoms with Gasteiger partial charge in [0, 0.05) is 47.5 Å². The van der Waals surface area contributed by atoms with Gasteiger partial charge in [0.2, 0.25) is 5.91 Å². The molecular weight excluding hydrogens is 448 g/mol. The third-order valence-corrected chi connectivity index (χ3v) is 6.41. The van der Waals surface area contributed by atoms with E-state index in [1.54, 1.807) is 42.3 Å². The smallest absolute Gasteiger partial charge is 0.258 e. The first-order valence-corrected chi connectivity index (χ1v) is 11.6. The summed E-state index contributed by atoms with van der Waals surface area (Å²) >= 11 is 5.96. The minimum absolute atomic E-state index is 0.0322. The van der Waals surface area contributed by atoms with E-state index in [2.05, 4.69) is 0 Å². The van der Waals surface area contributed by atoms with Crippen LogP contribution in [-0.2, 0) is 17.6 Å². The average molecular weight is 475 g/mol. The van der Waals surface area contributed by atoms with Crippen molar-refractivity contribution in [1.82, 2.24) is 0 Å². The molecule has 0 saturated heterocycles. The van der Waals surface area contributed by atoms with E-state index in [1.165, 1.54) is 0 Å². The molecule has 3 aromatic carbocycles. The first kappa shape index (κ1) is 23.5. The molecule has 0 fully saturated rings. The number of aryl methyl sites for hydroxylation is 2. The van der Waals surface area contributed by atoms with E-state index in [-0.39, 0.29) is 17.6 Å². The summed E-state index contributed by atoms with van der Waals surface area (Å²) in [5.74, 6) is -0.0127. The number of nitrogens with one attached hydrogen (secondary N) is 1. The van der Waals surface area contributed by atoms with Gasteiger partial charge in [0.15, 0.2) is 0 Å². The Balaban J connectivity index is 1.45. The van der Waals surface area contributed by atoms with Crippen molar-refractivity contribution in [2.24, 2.45) is 5.73 Å². The summed E-state index contributed by atoms with van der Waals surface area (Å²) in [6, 6.07) is 20.1. The van der Waals surface area contributed by atoms with Crippen LogP contribution in [0.5, 0.6) is 0 Å². The Labute approximate surface area is 204 Å². The van der Waals surface area contributed by atoms with Crippen LogP contribution in [0.4, 0.5) is 11.4 Å². The van der Waals surface area contributed by atoms with E-state index in [0.29, 0.717) is 35.5 Å². The van der Waals surface area contributed by atoms with Crippen LogP contribution in [0.3, 0.4) is 0 Å². The molecule has 1 aliphatic rings. The predicted octanol–water partition coefficient (Wildman–Crippen LogP) is 4.81. The first-order chi connectivity index (χ1) is 16.3. The largest absolute Gasteiger partial charge is 0.384 e. The zero-order valence-electron chi connectivity index (χ0n) is 19.1. The maximum Gasteiger partial charge on any atom is 0.258 e. The summed E-state index contributed by atoms with van der Waals surface area (Å²) < 4.78 is 0. The fraction of sp³-hybridized carbons (Fsp3) is 0.222. The summed E-state index contributed by atoms with van der Waals surface area (Å²) in [6.07, 6.45) is 2.69. The van der Waals surface area contributed by atoms with Crippen molar-refractivity contribution in [1.29, 1.82) is 5.41 Å². The molecule has 0 spiro atoms. The van der Waals surface area contributed by atoms with Crippen molar-refractivity contribution in [3.05, 3.63) is 94.0 Å². The van der Waals surface area contributed by atoms with Gasteiger partial charge < -0.3 is 15.5 Å². The quantitative estimate of drug-likeness (QED) is 0.396. The molecule has 0 unspecified atom stereocenters. The monoisotopic (exact) mass is 474 g/mol. The molecule has 2 amide bonds. The van der Waals surface area contributed by atoms with Gasteiger partial charge >= 0.3 is 0 Å². The Morgan fingerprint density at radius 1 is 1.03 bits per heavy atom. The van der Waals surface area contributed by atoms with Crippen molar-refractivity contribution < 1.29 is 9.59 Å². The lowest BCUT2D eigenvalue weighted by atomic mass is 9.98. The molecule has 0 saturated carbocycles. The maximum atomic E-state index is 13.0. The van der Waals surface area contributed by atoms with Crippen molar-refractivity contribution in [3.63, 3.8) is 0 Å².